The predicted molar refractivity (Wildman–Crippen MR) is 59.8 cm³/mol. The van der Waals surface area contributed by atoms with Gasteiger partial charge in [0.2, 0.25) is 0 Å². The lowest BCUT2D eigenvalue weighted by Crippen LogP contribution is -2.33. The van der Waals surface area contributed by atoms with Gasteiger partial charge in [0.05, 0.1) is 12.5 Å². The van der Waals surface area contributed by atoms with E-state index < -0.39 is 0 Å². The second kappa shape index (κ2) is 5.64. The highest BCUT2D eigenvalue weighted by Crippen LogP contribution is 2.25. The smallest absolute Gasteiger partial charge is 0.310 e. The van der Waals surface area contributed by atoms with Crippen LogP contribution >= 0.6 is 0 Å². The molecule has 1 aliphatic carbocycles. The lowest BCUT2D eigenvalue weighted by atomic mass is 10.0. The molecule has 1 saturated carbocycles. The van der Waals surface area contributed by atoms with E-state index in [0.29, 0.717) is 12.5 Å². The molecule has 4 nitrogen and oxygen atoms in total. The number of esters is 1. The van der Waals surface area contributed by atoms with Gasteiger partial charge in [-0.2, -0.15) is 0 Å². The zero-order chi connectivity index (χ0) is 11.4. The lowest BCUT2D eigenvalue weighted by molar-refractivity contribution is -0.151. The van der Waals surface area contributed by atoms with Crippen molar-refractivity contribution in [3.8, 4) is 0 Å². The Bertz CT molecular complexity index is 238. The van der Waals surface area contributed by atoms with E-state index in [2.05, 4.69) is 0 Å². The van der Waals surface area contributed by atoms with E-state index in [4.69, 9.17) is 15.2 Å². The third kappa shape index (κ3) is 2.95. The van der Waals surface area contributed by atoms with Crippen molar-refractivity contribution in [2.75, 3.05) is 19.8 Å². The largest absolute Gasteiger partial charge is 0.465 e. The molecule has 0 radical (unpaired) electrons. The van der Waals surface area contributed by atoms with Crippen molar-refractivity contribution in [2.24, 2.45) is 17.6 Å². The molecule has 2 atom stereocenters. The topological polar surface area (TPSA) is 61.6 Å². The molecule has 2 aliphatic rings. The van der Waals surface area contributed by atoms with Crippen LogP contribution in [0.15, 0.2) is 0 Å². The maximum absolute atomic E-state index is 11.8. The first-order valence-electron chi connectivity index (χ1n) is 6.27. The molecule has 2 N–H and O–H groups in total. The zero-order valence-corrected chi connectivity index (χ0v) is 9.69. The first-order chi connectivity index (χ1) is 7.77. The van der Waals surface area contributed by atoms with Gasteiger partial charge in [-0.3, -0.25) is 4.79 Å². The van der Waals surface area contributed by atoms with Crippen molar-refractivity contribution in [1.82, 2.24) is 0 Å². The van der Waals surface area contributed by atoms with E-state index in [0.717, 1.165) is 45.3 Å². The van der Waals surface area contributed by atoms with Crippen molar-refractivity contribution in [3.05, 3.63) is 0 Å². The van der Waals surface area contributed by atoms with E-state index >= 15 is 0 Å². The van der Waals surface area contributed by atoms with Gasteiger partial charge in [0, 0.05) is 19.3 Å². The van der Waals surface area contributed by atoms with Crippen molar-refractivity contribution < 1.29 is 14.3 Å². The minimum Gasteiger partial charge on any atom is -0.465 e. The molecule has 0 aromatic heterocycles. The minimum atomic E-state index is -0.0866. The Labute approximate surface area is 96.5 Å². The van der Waals surface area contributed by atoms with Crippen molar-refractivity contribution in [2.45, 2.75) is 38.1 Å². The fourth-order valence-corrected chi connectivity index (χ4v) is 2.50. The van der Waals surface area contributed by atoms with Gasteiger partial charge >= 0.3 is 5.97 Å². The van der Waals surface area contributed by atoms with Crippen LogP contribution in [0.5, 0.6) is 0 Å². The molecule has 0 aromatic rings. The molecule has 1 saturated heterocycles. The standard InChI is InChI=1S/C12H21NO3/c13-11-3-1-2-10(11)12(14)16-8-9-4-6-15-7-5-9/h9-11H,1-8,13H2. The van der Waals surface area contributed by atoms with Crippen LogP contribution in [0.25, 0.3) is 0 Å². The summed E-state index contributed by atoms with van der Waals surface area (Å²) < 4.78 is 10.6. The summed E-state index contributed by atoms with van der Waals surface area (Å²) in [6.45, 7) is 2.14. The third-order valence-electron chi connectivity index (χ3n) is 3.67. The number of hydrogen-bond acceptors (Lipinski definition) is 4. The van der Waals surface area contributed by atoms with Crippen LogP contribution in [0.4, 0.5) is 0 Å². The molecule has 1 heterocycles. The molecule has 2 fully saturated rings. The molecule has 16 heavy (non-hydrogen) atoms. The van der Waals surface area contributed by atoms with Gasteiger partial charge in [-0.1, -0.05) is 6.42 Å². The van der Waals surface area contributed by atoms with Crippen molar-refractivity contribution in [3.63, 3.8) is 0 Å². The molecule has 0 spiro atoms. The SMILES string of the molecule is NC1CCCC1C(=O)OCC1CCOCC1. The number of ether oxygens (including phenoxy) is 2. The monoisotopic (exact) mass is 227 g/mol. The van der Waals surface area contributed by atoms with Crippen LogP contribution in [-0.4, -0.2) is 31.8 Å². The maximum atomic E-state index is 11.8. The minimum absolute atomic E-state index is 0.0159. The molecule has 0 amide bonds. The van der Waals surface area contributed by atoms with E-state index in [1.807, 2.05) is 0 Å². The summed E-state index contributed by atoms with van der Waals surface area (Å²) in [5, 5.41) is 0. The second-order valence-corrected chi connectivity index (χ2v) is 4.89. The molecule has 92 valence electrons. The first kappa shape index (κ1) is 11.9. The second-order valence-electron chi connectivity index (χ2n) is 4.89. The van der Waals surface area contributed by atoms with Crippen LogP contribution in [0, 0.1) is 11.8 Å². The Morgan fingerprint density at radius 2 is 2.00 bits per heavy atom. The van der Waals surface area contributed by atoms with Gasteiger partial charge < -0.3 is 15.2 Å². The van der Waals surface area contributed by atoms with E-state index in [-0.39, 0.29) is 17.9 Å². The van der Waals surface area contributed by atoms with Gasteiger partial charge in [0.1, 0.15) is 0 Å². The summed E-state index contributed by atoms with van der Waals surface area (Å²) in [5.74, 6) is 0.339. The number of rotatable bonds is 3. The summed E-state index contributed by atoms with van der Waals surface area (Å²) >= 11 is 0. The number of carbonyl (C=O) groups excluding carboxylic acids is 1. The summed E-state index contributed by atoms with van der Waals surface area (Å²) in [5.41, 5.74) is 5.87. The van der Waals surface area contributed by atoms with Gasteiger partial charge in [-0.25, -0.2) is 0 Å². The Kier molecular flexibility index (Phi) is 4.18. The summed E-state index contributed by atoms with van der Waals surface area (Å²) in [4.78, 5) is 11.8. The fraction of sp³-hybridized carbons (Fsp3) is 0.917. The average molecular weight is 227 g/mol. The number of hydrogen-bond donors (Lipinski definition) is 1. The molecule has 2 rings (SSSR count). The Hall–Kier alpha value is -0.610. The summed E-state index contributed by atoms with van der Waals surface area (Å²) in [6.07, 6.45) is 4.91. The zero-order valence-electron chi connectivity index (χ0n) is 9.69. The van der Waals surface area contributed by atoms with Crippen molar-refractivity contribution in [1.29, 1.82) is 0 Å². The average Bonchev–Trinajstić information content (AvgIpc) is 2.74. The van der Waals surface area contributed by atoms with Crippen LogP contribution in [-0.2, 0) is 14.3 Å². The Morgan fingerprint density at radius 3 is 2.62 bits per heavy atom. The maximum Gasteiger partial charge on any atom is 0.310 e. The van der Waals surface area contributed by atoms with Crippen LogP contribution in [0.2, 0.25) is 0 Å². The highest BCUT2D eigenvalue weighted by atomic mass is 16.5. The van der Waals surface area contributed by atoms with Crippen LogP contribution in [0.1, 0.15) is 32.1 Å². The highest BCUT2D eigenvalue weighted by molar-refractivity contribution is 5.73. The van der Waals surface area contributed by atoms with Crippen LogP contribution in [0.3, 0.4) is 0 Å². The van der Waals surface area contributed by atoms with Crippen LogP contribution < -0.4 is 5.73 Å². The van der Waals surface area contributed by atoms with Gasteiger partial charge in [0.25, 0.3) is 0 Å². The molecule has 1 aliphatic heterocycles. The molecular formula is C12H21NO3. The highest BCUT2D eigenvalue weighted by Gasteiger charge is 2.31. The molecular weight excluding hydrogens is 206 g/mol. The first-order valence-corrected chi connectivity index (χ1v) is 6.27. The summed E-state index contributed by atoms with van der Waals surface area (Å²) in [7, 11) is 0. The van der Waals surface area contributed by atoms with Gasteiger partial charge in [0.15, 0.2) is 0 Å². The third-order valence-corrected chi connectivity index (χ3v) is 3.67. The molecule has 0 bridgehead atoms. The Morgan fingerprint density at radius 1 is 1.25 bits per heavy atom. The Balaban J connectivity index is 1.70. The van der Waals surface area contributed by atoms with Gasteiger partial charge in [-0.15, -0.1) is 0 Å². The van der Waals surface area contributed by atoms with E-state index in [1.54, 1.807) is 0 Å². The van der Waals surface area contributed by atoms with E-state index in [1.165, 1.54) is 0 Å². The normalized spacial score (nSPS) is 31.6. The van der Waals surface area contributed by atoms with Crippen molar-refractivity contribution >= 4 is 5.97 Å². The predicted octanol–water partition coefficient (Wildman–Crippen LogP) is 1.08. The number of carbonyl (C=O) groups is 1. The number of nitrogens with two attached hydrogens (primary N) is 1. The van der Waals surface area contributed by atoms with E-state index in [9.17, 15) is 4.79 Å². The molecule has 4 heteroatoms. The van der Waals surface area contributed by atoms with Gasteiger partial charge in [-0.05, 0) is 31.6 Å². The fourth-order valence-electron chi connectivity index (χ4n) is 2.50. The quantitative estimate of drug-likeness (QED) is 0.733. The molecule has 0 aromatic carbocycles. The lowest BCUT2D eigenvalue weighted by Gasteiger charge is -2.23. The summed E-state index contributed by atoms with van der Waals surface area (Å²) in [6, 6.07) is 0.0159. The molecule has 2 unspecified atom stereocenters.